The lowest BCUT2D eigenvalue weighted by Gasteiger charge is -2.29. The maximum atomic E-state index is 14.9. The predicted molar refractivity (Wildman–Crippen MR) is 163 cm³/mol. The molecule has 0 aromatic heterocycles. The van der Waals surface area contributed by atoms with E-state index in [1.165, 1.54) is 0 Å². The highest BCUT2D eigenvalue weighted by Gasteiger charge is 2.39. The van der Waals surface area contributed by atoms with Crippen molar-refractivity contribution in [1.29, 1.82) is 5.41 Å². The normalized spacial score (nSPS) is 12.0. The lowest BCUT2D eigenvalue weighted by atomic mass is 10.1. The Bertz CT molecular complexity index is 1380. The summed E-state index contributed by atoms with van der Waals surface area (Å²) in [6, 6.07) is 31.5. The summed E-state index contributed by atoms with van der Waals surface area (Å²) in [5.41, 5.74) is 9.21. The molecule has 0 aliphatic carbocycles. The van der Waals surface area contributed by atoms with E-state index in [9.17, 15) is 4.57 Å². The monoisotopic (exact) mass is 573 g/mol. The first-order valence-corrected chi connectivity index (χ1v) is 15.1. The van der Waals surface area contributed by atoms with E-state index in [0.29, 0.717) is 41.5 Å². The van der Waals surface area contributed by atoms with Crippen LogP contribution in [0, 0.1) is 5.41 Å². The van der Waals surface area contributed by atoms with Gasteiger partial charge >= 0.3 is 7.60 Å². The van der Waals surface area contributed by atoms with Gasteiger partial charge in [-0.3, -0.25) is 9.97 Å². The van der Waals surface area contributed by atoms with Gasteiger partial charge in [-0.05, 0) is 66.9 Å². The quantitative estimate of drug-likeness (QED) is 0.0766. The Labute approximate surface area is 241 Å². The highest BCUT2D eigenvalue weighted by molar-refractivity contribution is 7.54. The molecule has 214 valence electrons. The minimum Gasteiger partial charge on any atom is -0.494 e. The molecule has 4 aromatic rings. The van der Waals surface area contributed by atoms with Crippen LogP contribution in [-0.4, -0.2) is 19.0 Å². The number of hydrogen-bond donors (Lipinski definition) is 3. The summed E-state index contributed by atoms with van der Waals surface area (Å²) in [6.07, 6.45) is 0. The molecule has 0 amide bonds. The van der Waals surface area contributed by atoms with E-state index in [4.69, 9.17) is 29.7 Å². The smallest absolute Gasteiger partial charge is 0.357 e. The molecule has 0 saturated carbocycles. The Morgan fingerprint density at radius 1 is 0.780 bits per heavy atom. The minimum absolute atomic E-state index is 0.0399. The maximum absolute atomic E-state index is 14.9. The second kappa shape index (κ2) is 14.5. The molecular formula is C32H36N3O5P. The van der Waals surface area contributed by atoms with Crippen molar-refractivity contribution in [3.05, 3.63) is 125 Å². The molecule has 0 aliphatic heterocycles. The first kappa shape index (κ1) is 29.9. The highest BCUT2D eigenvalue weighted by atomic mass is 31.2. The van der Waals surface area contributed by atoms with Crippen LogP contribution < -0.4 is 20.5 Å². The zero-order valence-corrected chi connectivity index (χ0v) is 24.2. The number of rotatable bonds is 15. The number of ether oxygens (including phenoxy) is 2. The van der Waals surface area contributed by atoms with Gasteiger partial charge < -0.3 is 29.6 Å². The first-order chi connectivity index (χ1) is 19.9. The molecule has 1 atom stereocenters. The van der Waals surface area contributed by atoms with Crippen molar-refractivity contribution in [2.75, 3.05) is 18.5 Å². The summed E-state index contributed by atoms with van der Waals surface area (Å²) in [7, 11) is -3.95. The summed E-state index contributed by atoms with van der Waals surface area (Å²) >= 11 is 0. The molecular weight excluding hydrogens is 537 g/mol. The second-order valence-electron chi connectivity index (χ2n) is 9.20. The van der Waals surface area contributed by atoms with Gasteiger partial charge in [0.05, 0.1) is 26.4 Å². The van der Waals surface area contributed by atoms with Crippen LogP contribution in [0.4, 0.5) is 5.69 Å². The number of nitrogens with two attached hydrogens (primary N) is 1. The van der Waals surface area contributed by atoms with Crippen molar-refractivity contribution in [3.63, 3.8) is 0 Å². The number of anilines is 1. The number of benzene rings is 4. The third-order valence-electron chi connectivity index (χ3n) is 6.16. The van der Waals surface area contributed by atoms with Crippen molar-refractivity contribution in [2.24, 2.45) is 5.73 Å². The Balaban J connectivity index is 1.79. The summed E-state index contributed by atoms with van der Waals surface area (Å²) in [5, 5.41) is 11.1. The molecule has 0 saturated heterocycles. The Morgan fingerprint density at radius 3 is 1.71 bits per heavy atom. The van der Waals surface area contributed by atoms with E-state index >= 15 is 0 Å². The third-order valence-corrected chi connectivity index (χ3v) is 8.20. The Kier molecular flexibility index (Phi) is 10.6. The Hall–Kier alpha value is -4.10. The van der Waals surface area contributed by atoms with Crippen LogP contribution >= 0.6 is 7.60 Å². The summed E-state index contributed by atoms with van der Waals surface area (Å²) in [6.45, 7) is 4.86. The molecule has 9 heteroatoms. The number of amidine groups is 1. The van der Waals surface area contributed by atoms with E-state index < -0.39 is 13.4 Å². The number of nitrogen functional groups attached to an aromatic ring is 1. The molecule has 0 fully saturated rings. The highest BCUT2D eigenvalue weighted by Crippen LogP contribution is 2.62. The standard InChI is InChI=1S/C32H36N3O5P/c1-3-37-29-19-27(20-30(21-29)38-4-2)32(35-28-17-15-26(16-18-28)31(33)34)41(36,39-22-24-11-7-5-8-12-24)40-23-25-13-9-6-10-14-25/h5-21,32,35H,3-4,22-23H2,1-2H3,(H3,33,34). The molecule has 4 aromatic carbocycles. The maximum Gasteiger partial charge on any atom is 0.357 e. The molecule has 0 radical (unpaired) electrons. The van der Waals surface area contributed by atoms with Crippen LogP contribution in [0.15, 0.2) is 103 Å². The van der Waals surface area contributed by atoms with Crippen molar-refractivity contribution in [3.8, 4) is 11.5 Å². The van der Waals surface area contributed by atoms with E-state index in [1.54, 1.807) is 30.3 Å². The van der Waals surface area contributed by atoms with Crippen molar-refractivity contribution >= 4 is 19.1 Å². The average molecular weight is 574 g/mol. The summed E-state index contributed by atoms with van der Waals surface area (Å²) < 4.78 is 39.0. The van der Waals surface area contributed by atoms with Gasteiger partial charge in [0.15, 0.2) is 5.78 Å². The fourth-order valence-electron chi connectivity index (χ4n) is 4.16. The summed E-state index contributed by atoms with van der Waals surface area (Å²) in [4.78, 5) is 0. The predicted octanol–water partition coefficient (Wildman–Crippen LogP) is 7.51. The van der Waals surface area contributed by atoms with Gasteiger partial charge in [0.25, 0.3) is 0 Å². The van der Waals surface area contributed by atoms with Crippen LogP contribution in [0.2, 0.25) is 0 Å². The Morgan fingerprint density at radius 2 is 1.27 bits per heavy atom. The van der Waals surface area contributed by atoms with E-state index in [-0.39, 0.29) is 19.0 Å². The molecule has 4 rings (SSSR count). The van der Waals surface area contributed by atoms with Gasteiger partial charge in [-0.25, -0.2) is 0 Å². The van der Waals surface area contributed by atoms with Crippen LogP contribution in [0.3, 0.4) is 0 Å². The SMILES string of the molecule is CCOc1cc(OCC)cc(C(Nc2ccc(C(=N)N)cc2)P(=O)(OCc2ccccc2)OCc2ccccc2)c1. The summed E-state index contributed by atoms with van der Waals surface area (Å²) in [5.74, 6) is 0.175. The van der Waals surface area contributed by atoms with Crippen LogP contribution in [-0.2, 0) is 26.8 Å². The van der Waals surface area contributed by atoms with Crippen LogP contribution in [0.25, 0.3) is 0 Å². The molecule has 0 heterocycles. The van der Waals surface area contributed by atoms with Gasteiger partial charge in [-0.2, -0.15) is 0 Å². The van der Waals surface area contributed by atoms with Crippen molar-refractivity contribution in [1.82, 2.24) is 0 Å². The van der Waals surface area contributed by atoms with Crippen molar-refractivity contribution < 1.29 is 23.1 Å². The van der Waals surface area contributed by atoms with E-state index in [1.807, 2.05) is 86.6 Å². The molecule has 1 unspecified atom stereocenters. The lowest BCUT2D eigenvalue weighted by Crippen LogP contribution is -2.16. The number of nitrogens with one attached hydrogen (secondary N) is 2. The fourth-order valence-corrected chi connectivity index (χ4v) is 6.02. The molecule has 0 aliphatic rings. The second-order valence-corrected chi connectivity index (χ2v) is 11.3. The van der Waals surface area contributed by atoms with Gasteiger partial charge in [0.1, 0.15) is 17.3 Å². The average Bonchev–Trinajstić information content (AvgIpc) is 2.99. The van der Waals surface area contributed by atoms with Gasteiger partial charge in [-0.1, -0.05) is 60.7 Å². The zero-order chi connectivity index (χ0) is 29.1. The number of hydrogen-bond acceptors (Lipinski definition) is 7. The fraction of sp³-hybridized carbons (Fsp3) is 0.219. The molecule has 4 N–H and O–H groups in total. The lowest BCUT2D eigenvalue weighted by molar-refractivity contribution is 0.185. The molecule has 0 bridgehead atoms. The minimum atomic E-state index is -3.95. The van der Waals surface area contributed by atoms with Gasteiger partial charge in [-0.15, -0.1) is 0 Å². The molecule has 41 heavy (non-hydrogen) atoms. The van der Waals surface area contributed by atoms with E-state index in [0.717, 1.165) is 11.1 Å². The van der Waals surface area contributed by atoms with Gasteiger partial charge in [0, 0.05) is 17.3 Å². The van der Waals surface area contributed by atoms with E-state index in [2.05, 4.69) is 5.32 Å². The molecule has 8 nitrogen and oxygen atoms in total. The zero-order valence-electron chi connectivity index (χ0n) is 23.3. The van der Waals surface area contributed by atoms with Crippen LogP contribution in [0.5, 0.6) is 11.5 Å². The van der Waals surface area contributed by atoms with Crippen molar-refractivity contribution in [2.45, 2.75) is 32.8 Å². The van der Waals surface area contributed by atoms with Crippen LogP contribution in [0.1, 0.15) is 41.9 Å². The molecule has 0 spiro atoms. The first-order valence-electron chi connectivity index (χ1n) is 13.5. The largest absolute Gasteiger partial charge is 0.494 e. The topological polar surface area (TPSA) is 116 Å². The van der Waals surface area contributed by atoms with Gasteiger partial charge in [0.2, 0.25) is 0 Å². The third kappa shape index (κ3) is 8.44.